The third-order valence-electron chi connectivity index (χ3n) is 8.34. The van der Waals surface area contributed by atoms with Gasteiger partial charge in [0.1, 0.15) is 0 Å². The molecule has 0 bridgehead atoms. The minimum absolute atomic E-state index is 0.125. The average Bonchev–Trinajstić information content (AvgIpc) is 2.81. The van der Waals surface area contributed by atoms with Gasteiger partial charge >= 0.3 is 0 Å². The summed E-state index contributed by atoms with van der Waals surface area (Å²) in [5, 5.41) is 31.6. The maximum atomic E-state index is 11.2. The van der Waals surface area contributed by atoms with Crippen LogP contribution in [-0.2, 0) is 0 Å². The molecule has 3 heteroatoms. The third kappa shape index (κ3) is 1.95. The first kappa shape index (κ1) is 16.8. The summed E-state index contributed by atoms with van der Waals surface area (Å²) < 4.78 is 0. The minimum Gasteiger partial charge on any atom is -0.393 e. The molecule has 24 heavy (non-hydrogen) atoms. The first-order valence-electron chi connectivity index (χ1n) is 9.73. The Balaban J connectivity index is 1.74. The van der Waals surface area contributed by atoms with Crippen LogP contribution >= 0.6 is 0 Å². The van der Waals surface area contributed by atoms with E-state index in [4.69, 9.17) is 0 Å². The molecular formula is C21H32O3. The third-order valence-corrected chi connectivity index (χ3v) is 8.34. The summed E-state index contributed by atoms with van der Waals surface area (Å²) in [4.78, 5) is 0. The molecule has 0 saturated heterocycles. The van der Waals surface area contributed by atoms with Gasteiger partial charge in [-0.05, 0) is 64.2 Å². The highest BCUT2D eigenvalue weighted by atomic mass is 16.3. The van der Waals surface area contributed by atoms with E-state index in [1.54, 1.807) is 18.1 Å². The first-order chi connectivity index (χ1) is 11.2. The smallest absolute Gasteiger partial charge is 0.0961 e. The minimum atomic E-state index is -0.955. The van der Waals surface area contributed by atoms with E-state index in [0.717, 1.165) is 44.9 Å². The maximum absolute atomic E-state index is 11.2. The fourth-order valence-corrected chi connectivity index (χ4v) is 6.64. The van der Waals surface area contributed by atoms with E-state index in [1.807, 2.05) is 0 Å². The summed E-state index contributed by atoms with van der Waals surface area (Å²) in [6.07, 6.45) is 8.94. The van der Waals surface area contributed by atoms with Crippen molar-refractivity contribution in [3.63, 3.8) is 0 Å². The number of rotatable bonds is 1. The molecule has 0 heterocycles. The van der Waals surface area contributed by atoms with Gasteiger partial charge < -0.3 is 15.3 Å². The molecule has 3 N–H and O–H groups in total. The summed E-state index contributed by atoms with van der Waals surface area (Å²) in [5.74, 6) is 0.391. The molecule has 0 aromatic heterocycles. The highest BCUT2D eigenvalue weighted by molar-refractivity contribution is 5.44. The van der Waals surface area contributed by atoms with Gasteiger partial charge in [0.25, 0.3) is 0 Å². The fourth-order valence-electron chi connectivity index (χ4n) is 6.64. The molecule has 0 aromatic carbocycles. The van der Waals surface area contributed by atoms with Crippen LogP contribution in [0.2, 0.25) is 0 Å². The molecule has 4 aliphatic rings. The highest BCUT2D eigenvalue weighted by Gasteiger charge is 2.61. The Labute approximate surface area is 145 Å². The summed E-state index contributed by atoms with van der Waals surface area (Å²) >= 11 is 0. The molecule has 0 amide bonds. The zero-order valence-corrected chi connectivity index (χ0v) is 15.3. The topological polar surface area (TPSA) is 60.7 Å². The SMILES string of the molecule is C[C@@H](O)[C@@]1(O)CC[C@H]2C3=C(CC[C@@]21C)[C@@]1(C)CC[C@H](O)CC1=CC3. The van der Waals surface area contributed by atoms with E-state index in [1.165, 1.54) is 5.57 Å². The summed E-state index contributed by atoms with van der Waals surface area (Å²) in [6.45, 7) is 6.32. The molecule has 0 spiro atoms. The maximum Gasteiger partial charge on any atom is 0.0961 e. The molecule has 4 rings (SSSR count). The van der Waals surface area contributed by atoms with Gasteiger partial charge in [0.2, 0.25) is 0 Å². The van der Waals surface area contributed by atoms with Crippen LogP contribution in [-0.4, -0.2) is 33.1 Å². The molecule has 0 unspecified atom stereocenters. The second kappa shape index (κ2) is 5.18. The Morgan fingerprint density at radius 3 is 2.62 bits per heavy atom. The predicted octanol–water partition coefficient (Wildman–Crippen LogP) is 3.49. The number of fused-ring (bicyclic) bond motifs is 4. The van der Waals surface area contributed by atoms with Crippen LogP contribution in [0.4, 0.5) is 0 Å². The van der Waals surface area contributed by atoms with Crippen molar-refractivity contribution >= 4 is 0 Å². The Hall–Kier alpha value is -0.640. The summed E-state index contributed by atoms with van der Waals surface area (Å²) in [6, 6.07) is 0. The van der Waals surface area contributed by atoms with Crippen molar-refractivity contribution in [3.8, 4) is 0 Å². The Bertz CT molecular complexity index is 619. The lowest BCUT2D eigenvalue weighted by atomic mass is 9.53. The van der Waals surface area contributed by atoms with E-state index < -0.39 is 11.7 Å². The number of aliphatic hydroxyl groups is 3. The van der Waals surface area contributed by atoms with E-state index in [9.17, 15) is 15.3 Å². The predicted molar refractivity (Wildman–Crippen MR) is 94.4 cm³/mol. The second-order valence-corrected chi connectivity index (χ2v) is 9.27. The van der Waals surface area contributed by atoms with E-state index in [0.29, 0.717) is 12.3 Å². The molecule has 2 fully saturated rings. The zero-order valence-electron chi connectivity index (χ0n) is 15.3. The van der Waals surface area contributed by atoms with Crippen molar-refractivity contribution in [1.29, 1.82) is 0 Å². The molecule has 0 aliphatic heterocycles. The molecule has 0 aromatic rings. The molecule has 134 valence electrons. The van der Waals surface area contributed by atoms with Crippen LogP contribution in [0.1, 0.15) is 72.1 Å². The zero-order chi connectivity index (χ0) is 17.3. The van der Waals surface area contributed by atoms with Crippen LogP contribution in [0.25, 0.3) is 0 Å². The van der Waals surface area contributed by atoms with Gasteiger partial charge in [-0.3, -0.25) is 0 Å². The van der Waals surface area contributed by atoms with Crippen molar-refractivity contribution in [1.82, 2.24) is 0 Å². The largest absolute Gasteiger partial charge is 0.393 e. The van der Waals surface area contributed by atoms with Crippen LogP contribution in [0.3, 0.4) is 0 Å². The van der Waals surface area contributed by atoms with Crippen molar-refractivity contribution in [2.45, 2.75) is 89.9 Å². The lowest BCUT2D eigenvalue weighted by Gasteiger charge is -2.53. The lowest BCUT2D eigenvalue weighted by molar-refractivity contribution is -0.142. The summed E-state index contributed by atoms with van der Waals surface area (Å²) in [5.41, 5.74) is 3.54. The van der Waals surface area contributed by atoms with Crippen LogP contribution < -0.4 is 0 Å². The van der Waals surface area contributed by atoms with Crippen LogP contribution in [0.15, 0.2) is 22.8 Å². The lowest BCUT2D eigenvalue weighted by Crippen LogP contribution is -2.54. The normalized spacial score (nSPS) is 49.2. The van der Waals surface area contributed by atoms with Crippen LogP contribution in [0, 0.1) is 16.7 Å². The van der Waals surface area contributed by atoms with Gasteiger partial charge in [0.15, 0.2) is 0 Å². The molecular weight excluding hydrogens is 300 g/mol. The Morgan fingerprint density at radius 1 is 1.17 bits per heavy atom. The highest BCUT2D eigenvalue weighted by Crippen LogP contribution is 2.65. The van der Waals surface area contributed by atoms with Gasteiger partial charge in [-0.2, -0.15) is 0 Å². The Morgan fingerprint density at radius 2 is 1.92 bits per heavy atom. The van der Waals surface area contributed by atoms with E-state index >= 15 is 0 Å². The summed E-state index contributed by atoms with van der Waals surface area (Å²) in [7, 11) is 0. The van der Waals surface area contributed by atoms with Crippen molar-refractivity contribution in [2.75, 3.05) is 0 Å². The van der Waals surface area contributed by atoms with Gasteiger partial charge in [0.05, 0.1) is 17.8 Å². The number of hydrogen-bond acceptors (Lipinski definition) is 3. The average molecular weight is 332 g/mol. The number of hydrogen-bond donors (Lipinski definition) is 3. The second-order valence-electron chi connectivity index (χ2n) is 9.27. The fraction of sp³-hybridized carbons (Fsp3) is 0.810. The molecule has 4 aliphatic carbocycles. The molecule has 6 atom stereocenters. The number of allylic oxidation sites excluding steroid dienone is 3. The molecule has 2 saturated carbocycles. The number of aliphatic hydroxyl groups excluding tert-OH is 2. The van der Waals surface area contributed by atoms with Crippen molar-refractivity contribution in [3.05, 3.63) is 22.8 Å². The Kier molecular flexibility index (Phi) is 3.63. The van der Waals surface area contributed by atoms with Crippen LogP contribution in [0.5, 0.6) is 0 Å². The van der Waals surface area contributed by atoms with E-state index in [2.05, 4.69) is 19.9 Å². The monoisotopic (exact) mass is 332 g/mol. The van der Waals surface area contributed by atoms with E-state index in [-0.39, 0.29) is 16.9 Å². The van der Waals surface area contributed by atoms with Gasteiger partial charge in [-0.1, -0.05) is 36.6 Å². The quantitative estimate of drug-likeness (QED) is 0.644. The van der Waals surface area contributed by atoms with Crippen molar-refractivity contribution < 1.29 is 15.3 Å². The van der Waals surface area contributed by atoms with Crippen molar-refractivity contribution in [2.24, 2.45) is 16.7 Å². The standard InChI is InChI=1S/C21H32O3/c1-13(22)21(24)11-8-18-16-5-4-14-12-15(23)6-9-19(14,2)17(16)7-10-20(18,21)3/h4,13,15,18,22-24H,5-12H2,1-3H3/t13-,15+,18+,19+,20+,21+/m1/s1. The first-order valence-corrected chi connectivity index (χ1v) is 9.73. The molecule has 0 radical (unpaired) electrons. The van der Waals surface area contributed by atoms with Gasteiger partial charge in [-0.25, -0.2) is 0 Å². The van der Waals surface area contributed by atoms with Gasteiger partial charge in [0, 0.05) is 10.8 Å². The molecule has 3 nitrogen and oxygen atoms in total. The van der Waals surface area contributed by atoms with Gasteiger partial charge in [-0.15, -0.1) is 0 Å².